The normalized spacial score (nSPS) is 10.9. The number of rotatable bonds is 4. The maximum atomic E-state index is 12.4. The summed E-state index contributed by atoms with van der Waals surface area (Å²) in [5, 5.41) is 3.68. The molecule has 0 atom stereocenters. The van der Waals surface area contributed by atoms with Gasteiger partial charge < -0.3 is 5.32 Å². The molecule has 1 N–H and O–H groups in total. The van der Waals surface area contributed by atoms with Crippen LogP contribution in [-0.2, 0) is 6.42 Å². The first-order valence-corrected chi connectivity index (χ1v) is 9.55. The summed E-state index contributed by atoms with van der Waals surface area (Å²) in [5.74, 6) is 0.227. The van der Waals surface area contributed by atoms with E-state index in [1.54, 1.807) is 12.4 Å². The summed E-state index contributed by atoms with van der Waals surface area (Å²) in [5.41, 5.74) is 4.88. The molecule has 0 aliphatic rings. The van der Waals surface area contributed by atoms with Crippen molar-refractivity contribution in [1.29, 1.82) is 0 Å². The van der Waals surface area contributed by atoms with Gasteiger partial charge in [-0.25, -0.2) is 9.97 Å². The molecule has 0 unspecified atom stereocenters. The molecular formula is C21H18N4OS. The van der Waals surface area contributed by atoms with Crippen LogP contribution < -0.4 is 5.32 Å². The van der Waals surface area contributed by atoms with Gasteiger partial charge in [-0.2, -0.15) is 0 Å². The molecule has 0 bridgehead atoms. The van der Waals surface area contributed by atoms with Crippen molar-refractivity contribution in [2.45, 2.75) is 20.3 Å². The molecule has 27 heavy (non-hydrogen) atoms. The minimum Gasteiger partial charge on any atom is -0.304 e. The van der Waals surface area contributed by atoms with E-state index in [0.29, 0.717) is 10.7 Å². The Kier molecular flexibility index (Phi) is 4.64. The second-order valence-electron chi connectivity index (χ2n) is 6.14. The second-order valence-corrected chi connectivity index (χ2v) is 7.38. The summed E-state index contributed by atoms with van der Waals surface area (Å²) < 4.78 is 0. The molecule has 2 aromatic heterocycles. The van der Waals surface area contributed by atoms with Crippen LogP contribution in [0, 0.1) is 6.92 Å². The van der Waals surface area contributed by atoms with E-state index in [-0.39, 0.29) is 5.91 Å². The Hall–Kier alpha value is -3.12. The van der Waals surface area contributed by atoms with Crippen LogP contribution in [0.5, 0.6) is 0 Å². The quantitative estimate of drug-likeness (QED) is 0.553. The van der Waals surface area contributed by atoms with Gasteiger partial charge in [0.2, 0.25) is 0 Å². The summed E-state index contributed by atoms with van der Waals surface area (Å²) in [6.45, 7) is 3.96. The summed E-state index contributed by atoms with van der Waals surface area (Å²) >= 11 is 1.35. The number of nitrogens with one attached hydrogen (secondary N) is 1. The van der Waals surface area contributed by atoms with E-state index in [1.165, 1.54) is 11.3 Å². The van der Waals surface area contributed by atoms with Crippen molar-refractivity contribution in [2.24, 2.45) is 0 Å². The number of hydrogen-bond donors (Lipinski definition) is 1. The SMILES string of the molecule is CCc1ccc(-c2ccccc2)c2ncc(NC(=O)c3cnc(C)s3)nc12. The highest BCUT2D eigenvalue weighted by Crippen LogP contribution is 2.29. The van der Waals surface area contributed by atoms with Gasteiger partial charge in [0, 0.05) is 5.56 Å². The van der Waals surface area contributed by atoms with Gasteiger partial charge in [-0.15, -0.1) is 11.3 Å². The van der Waals surface area contributed by atoms with Crippen LogP contribution >= 0.6 is 11.3 Å². The fourth-order valence-electron chi connectivity index (χ4n) is 2.99. The Labute approximate surface area is 161 Å². The standard InChI is InChI=1S/C21H18N4OS/c1-3-14-9-10-16(15-7-5-4-6-8-15)20-19(14)24-18(12-23-20)25-21(26)17-11-22-13(2)27-17/h4-12H,3H2,1-2H3,(H,24,25,26). The summed E-state index contributed by atoms with van der Waals surface area (Å²) in [6, 6.07) is 14.3. The van der Waals surface area contributed by atoms with Crippen molar-refractivity contribution in [2.75, 3.05) is 5.32 Å². The molecule has 4 aromatic rings. The van der Waals surface area contributed by atoms with Gasteiger partial charge in [-0.1, -0.05) is 49.4 Å². The smallest absolute Gasteiger partial charge is 0.268 e. The van der Waals surface area contributed by atoms with E-state index in [9.17, 15) is 4.79 Å². The minimum atomic E-state index is -0.216. The maximum absolute atomic E-state index is 12.4. The average Bonchev–Trinajstić information content (AvgIpc) is 3.14. The summed E-state index contributed by atoms with van der Waals surface area (Å²) in [6.07, 6.45) is 4.03. The highest BCUT2D eigenvalue weighted by molar-refractivity contribution is 7.13. The van der Waals surface area contributed by atoms with Crippen LogP contribution in [0.25, 0.3) is 22.2 Å². The molecule has 0 spiro atoms. The average molecular weight is 374 g/mol. The van der Waals surface area contributed by atoms with Crippen LogP contribution in [0.4, 0.5) is 5.82 Å². The fourth-order valence-corrected chi connectivity index (χ4v) is 3.67. The number of anilines is 1. The van der Waals surface area contributed by atoms with Crippen molar-refractivity contribution < 1.29 is 4.79 Å². The lowest BCUT2D eigenvalue weighted by molar-refractivity contribution is 0.103. The zero-order valence-corrected chi connectivity index (χ0v) is 15.9. The summed E-state index contributed by atoms with van der Waals surface area (Å²) in [4.78, 5) is 26.4. The molecule has 6 heteroatoms. The van der Waals surface area contributed by atoms with Crippen molar-refractivity contribution >= 4 is 34.1 Å². The van der Waals surface area contributed by atoms with E-state index in [0.717, 1.165) is 39.2 Å². The van der Waals surface area contributed by atoms with Gasteiger partial charge in [0.05, 0.1) is 28.4 Å². The number of thiazole rings is 1. The van der Waals surface area contributed by atoms with Gasteiger partial charge in [0.15, 0.2) is 5.82 Å². The predicted molar refractivity (Wildman–Crippen MR) is 109 cm³/mol. The number of hydrogen-bond acceptors (Lipinski definition) is 5. The van der Waals surface area contributed by atoms with Crippen LogP contribution in [0.1, 0.15) is 27.2 Å². The van der Waals surface area contributed by atoms with E-state index in [4.69, 9.17) is 4.98 Å². The minimum absolute atomic E-state index is 0.216. The molecule has 0 radical (unpaired) electrons. The number of amides is 1. The topological polar surface area (TPSA) is 67.8 Å². The van der Waals surface area contributed by atoms with Crippen molar-refractivity contribution in [3.05, 3.63) is 70.3 Å². The van der Waals surface area contributed by atoms with E-state index in [1.807, 2.05) is 25.1 Å². The van der Waals surface area contributed by atoms with Crippen LogP contribution in [0.15, 0.2) is 54.9 Å². The molecule has 5 nitrogen and oxygen atoms in total. The number of carbonyl (C=O) groups is 1. The number of benzene rings is 2. The Bertz CT molecular complexity index is 1120. The number of aryl methyl sites for hydroxylation is 2. The zero-order valence-electron chi connectivity index (χ0n) is 15.1. The molecule has 2 aromatic carbocycles. The van der Waals surface area contributed by atoms with Gasteiger partial charge in [-0.05, 0) is 24.5 Å². The van der Waals surface area contributed by atoms with Crippen LogP contribution in [0.3, 0.4) is 0 Å². The Balaban J connectivity index is 1.76. The molecule has 1 amide bonds. The van der Waals surface area contributed by atoms with Crippen LogP contribution in [0.2, 0.25) is 0 Å². The van der Waals surface area contributed by atoms with Gasteiger partial charge in [-0.3, -0.25) is 9.78 Å². The molecule has 0 saturated heterocycles. The Morgan fingerprint density at radius 2 is 1.85 bits per heavy atom. The first-order chi connectivity index (χ1) is 13.2. The molecular weight excluding hydrogens is 356 g/mol. The molecule has 0 saturated carbocycles. The number of aromatic nitrogens is 3. The second kappa shape index (κ2) is 7.25. The lowest BCUT2D eigenvalue weighted by Crippen LogP contribution is -2.12. The first kappa shape index (κ1) is 17.3. The zero-order chi connectivity index (χ0) is 18.8. The first-order valence-electron chi connectivity index (χ1n) is 8.73. The van der Waals surface area contributed by atoms with E-state index < -0.39 is 0 Å². The van der Waals surface area contributed by atoms with Gasteiger partial charge >= 0.3 is 0 Å². The Morgan fingerprint density at radius 1 is 1.04 bits per heavy atom. The van der Waals surface area contributed by atoms with Gasteiger partial charge in [0.25, 0.3) is 5.91 Å². The fraction of sp³-hybridized carbons (Fsp3) is 0.143. The Morgan fingerprint density at radius 3 is 2.56 bits per heavy atom. The molecule has 0 aliphatic heterocycles. The van der Waals surface area contributed by atoms with Crippen molar-refractivity contribution in [3.8, 4) is 11.1 Å². The lowest BCUT2D eigenvalue weighted by Gasteiger charge is -2.11. The molecule has 0 fully saturated rings. The summed E-state index contributed by atoms with van der Waals surface area (Å²) in [7, 11) is 0. The van der Waals surface area contributed by atoms with Crippen molar-refractivity contribution in [3.63, 3.8) is 0 Å². The highest BCUT2D eigenvalue weighted by atomic mass is 32.1. The maximum Gasteiger partial charge on any atom is 0.268 e. The largest absolute Gasteiger partial charge is 0.304 e. The highest BCUT2D eigenvalue weighted by Gasteiger charge is 2.14. The van der Waals surface area contributed by atoms with Crippen molar-refractivity contribution in [1.82, 2.24) is 15.0 Å². The van der Waals surface area contributed by atoms with Gasteiger partial charge in [0.1, 0.15) is 4.88 Å². The third-order valence-electron chi connectivity index (χ3n) is 4.34. The number of fused-ring (bicyclic) bond motifs is 1. The molecule has 4 rings (SSSR count). The lowest BCUT2D eigenvalue weighted by atomic mass is 10.00. The third kappa shape index (κ3) is 3.44. The van der Waals surface area contributed by atoms with Crippen LogP contribution in [-0.4, -0.2) is 20.9 Å². The number of carbonyl (C=O) groups excluding carboxylic acids is 1. The molecule has 0 aliphatic carbocycles. The molecule has 134 valence electrons. The third-order valence-corrected chi connectivity index (χ3v) is 5.25. The monoisotopic (exact) mass is 374 g/mol. The van der Waals surface area contributed by atoms with E-state index >= 15 is 0 Å². The molecule has 2 heterocycles. The predicted octanol–water partition coefficient (Wildman–Crippen LogP) is 4.88. The number of nitrogens with zero attached hydrogens (tertiary/aromatic N) is 3. The van der Waals surface area contributed by atoms with E-state index in [2.05, 4.69) is 46.5 Å².